The lowest BCUT2D eigenvalue weighted by Crippen LogP contribution is -2.17. The van der Waals surface area contributed by atoms with Gasteiger partial charge in [0.2, 0.25) is 0 Å². The van der Waals surface area contributed by atoms with E-state index < -0.39 is 4.92 Å². The average Bonchev–Trinajstić information content (AvgIpc) is 3.22. The van der Waals surface area contributed by atoms with E-state index in [1.54, 1.807) is 30.3 Å². The van der Waals surface area contributed by atoms with Gasteiger partial charge in [-0.2, -0.15) is 5.10 Å². The van der Waals surface area contributed by atoms with Crippen molar-refractivity contribution in [2.75, 3.05) is 0 Å². The number of hydrazone groups is 1. The van der Waals surface area contributed by atoms with Crippen molar-refractivity contribution in [1.82, 2.24) is 5.43 Å². The van der Waals surface area contributed by atoms with E-state index in [1.165, 1.54) is 18.3 Å². The van der Waals surface area contributed by atoms with Crippen molar-refractivity contribution in [2.45, 2.75) is 0 Å². The fraction of sp³-hybridized carbons (Fsp3) is 0. The van der Waals surface area contributed by atoms with Gasteiger partial charge in [0.25, 0.3) is 11.6 Å². The van der Waals surface area contributed by atoms with E-state index in [0.717, 1.165) is 10.8 Å². The molecule has 0 radical (unpaired) electrons. The molecule has 1 amide bonds. The summed E-state index contributed by atoms with van der Waals surface area (Å²) in [6.07, 6.45) is 1.32. The predicted molar refractivity (Wildman–Crippen MR) is 115 cm³/mol. The molecule has 0 fully saturated rings. The van der Waals surface area contributed by atoms with Gasteiger partial charge in [-0.1, -0.05) is 41.9 Å². The highest BCUT2D eigenvalue weighted by molar-refractivity contribution is 6.30. The largest absolute Gasteiger partial charge is 0.455 e. The Bertz CT molecular complexity index is 1300. The molecular weight excluding hydrogens is 406 g/mol. The molecule has 1 heterocycles. The van der Waals surface area contributed by atoms with Crippen LogP contribution < -0.4 is 5.43 Å². The van der Waals surface area contributed by atoms with Crippen molar-refractivity contribution in [2.24, 2.45) is 5.10 Å². The zero-order valence-electron chi connectivity index (χ0n) is 15.4. The Balaban J connectivity index is 1.48. The first kappa shape index (κ1) is 19.4. The molecule has 0 aliphatic carbocycles. The number of benzene rings is 3. The summed E-state index contributed by atoms with van der Waals surface area (Å²) in [7, 11) is 0. The SMILES string of the molecule is O=C(N/N=C\c1ccc(-c2ccc(Cl)cc2[N+](=O)[O-])o1)c1ccc2ccccc2c1. The number of rotatable bonds is 5. The van der Waals surface area contributed by atoms with Gasteiger partial charge in [-0.3, -0.25) is 14.9 Å². The minimum Gasteiger partial charge on any atom is -0.455 e. The first-order valence-corrected chi connectivity index (χ1v) is 9.25. The number of fused-ring (bicyclic) bond motifs is 1. The summed E-state index contributed by atoms with van der Waals surface area (Å²) < 4.78 is 5.60. The Morgan fingerprint density at radius 3 is 2.63 bits per heavy atom. The van der Waals surface area contributed by atoms with E-state index in [4.69, 9.17) is 16.0 Å². The fourth-order valence-electron chi connectivity index (χ4n) is 2.98. The summed E-state index contributed by atoms with van der Waals surface area (Å²) in [5, 5.41) is 17.4. The highest BCUT2D eigenvalue weighted by atomic mass is 35.5. The second-order valence-electron chi connectivity index (χ2n) is 6.38. The van der Waals surface area contributed by atoms with Crippen LogP contribution in [0.15, 0.2) is 82.3 Å². The van der Waals surface area contributed by atoms with Crippen molar-refractivity contribution in [3.8, 4) is 11.3 Å². The molecule has 4 rings (SSSR count). The van der Waals surface area contributed by atoms with Crippen LogP contribution in [0.2, 0.25) is 5.02 Å². The third kappa shape index (κ3) is 4.06. The third-order valence-corrected chi connectivity index (χ3v) is 4.65. The van der Waals surface area contributed by atoms with Crippen LogP contribution in [-0.4, -0.2) is 17.0 Å². The highest BCUT2D eigenvalue weighted by Gasteiger charge is 2.18. The van der Waals surface area contributed by atoms with Gasteiger partial charge in [-0.05, 0) is 47.2 Å². The smallest absolute Gasteiger partial charge is 0.281 e. The topological polar surface area (TPSA) is 97.7 Å². The van der Waals surface area contributed by atoms with Crippen LogP contribution in [0, 0.1) is 10.1 Å². The molecule has 0 aliphatic heterocycles. The molecule has 0 atom stereocenters. The Labute approximate surface area is 175 Å². The van der Waals surface area contributed by atoms with Gasteiger partial charge in [0, 0.05) is 16.7 Å². The van der Waals surface area contributed by atoms with Crippen LogP contribution in [0.1, 0.15) is 16.1 Å². The normalized spacial score (nSPS) is 11.1. The maximum Gasteiger partial charge on any atom is 0.281 e. The number of amides is 1. The van der Waals surface area contributed by atoms with E-state index >= 15 is 0 Å². The van der Waals surface area contributed by atoms with Crippen LogP contribution in [0.5, 0.6) is 0 Å². The predicted octanol–water partition coefficient (Wildman–Crippen LogP) is 5.43. The van der Waals surface area contributed by atoms with Gasteiger partial charge >= 0.3 is 0 Å². The molecule has 3 aromatic carbocycles. The van der Waals surface area contributed by atoms with Gasteiger partial charge in [0.1, 0.15) is 11.5 Å². The number of nitro benzene ring substituents is 1. The number of hydrogen-bond acceptors (Lipinski definition) is 5. The summed E-state index contributed by atoms with van der Waals surface area (Å²) in [4.78, 5) is 23.0. The molecule has 0 saturated carbocycles. The molecule has 7 nitrogen and oxygen atoms in total. The molecule has 1 aromatic heterocycles. The maximum atomic E-state index is 12.3. The Morgan fingerprint density at radius 1 is 1.03 bits per heavy atom. The van der Waals surface area contributed by atoms with E-state index in [0.29, 0.717) is 22.6 Å². The van der Waals surface area contributed by atoms with Gasteiger partial charge < -0.3 is 4.42 Å². The summed E-state index contributed by atoms with van der Waals surface area (Å²) >= 11 is 5.84. The first-order valence-electron chi connectivity index (χ1n) is 8.87. The van der Waals surface area contributed by atoms with Crippen LogP contribution in [-0.2, 0) is 0 Å². The van der Waals surface area contributed by atoms with Crippen molar-refractivity contribution >= 4 is 40.2 Å². The molecular formula is C22H14ClN3O4. The quantitative estimate of drug-likeness (QED) is 0.265. The fourth-order valence-corrected chi connectivity index (χ4v) is 3.15. The number of furan rings is 1. The second-order valence-corrected chi connectivity index (χ2v) is 6.82. The summed E-state index contributed by atoms with van der Waals surface area (Å²) in [6, 6.07) is 20.6. The van der Waals surface area contributed by atoms with Gasteiger partial charge in [-0.15, -0.1) is 0 Å². The number of halogens is 1. The number of nitro groups is 1. The van der Waals surface area contributed by atoms with E-state index in [2.05, 4.69) is 10.5 Å². The van der Waals surface area contributed by atoms with Gasteiger partial charge in [-0.25, -0.2) is 5.43 Å². The molecule has 0 bridgehead atoms. The molecule has 0 aliphatic rings. The average molecular weight is 420 g/mol. The summed E-state index contributed by atoms with van der Waals surface area (Å²) in [5.41, 5.74) is 3.05. The van der Waals surface area contributed by atoms with Crippen LogP contribution >= 0.6 is 11.6 Å². The number of hydrogen-bond donors (Lipinski definition) is 1. The minimum atomic E-state index is -0.527. The molecule has 148 valence electrons. The number of carbonyl (C=O) groups is 1. The first-order chi connectivity index (χ1) is 14.5. The third-order valence-electron chi connectivity index (χ3n) is 4.42. The van der Waals surface area contributed by atoms with E-state index in [1.807, 2.05) is 30.3 Å². The molecule has 1 N–H and O–H groups in total. The monoisotopic (exact) mass is 419 g/mol. The zero-order chi connectivity index (χ0) is 21.1. The maximum absolute atomic E-state index is 12.3. The lowest BCUT2D eigenvalue weighted by molar-refractivity contribution is -0.384. The Hall–Kier alpha value is -3.97. The van der Waals surface area contributed by atoms with Gasteiger partial charge in [0.15, 0.2) is 0 Å². The number of nitrogens with one attached hydrogen (secondary N) is 1. The highest BCUT2D eigenvalue weighted by Crippen LogP contribution is 2.33. The Morgan fingerprint density at radius 2 is 1.83 bits per heavy atom. The van der Waals surface area contributed by atoms with Crippen molar-refractivity contribution < 1.29 is 14.1 Å². The van der Waals surface area contributed by atoms with E-state index in [9.17, 15) is 14.9 Å². The standard InChI is InChI=1S/C22H14ClN3O4/c23-17-7-9-19(20(12-17)26(28)29)21-10-8-18(30-21)13-24-25-22(27)16-6-5-14-3-1-2-4-15(14)11-16/h1-13H,(H,25,27)/b24-13-. The number of nitrogens with zero attached hydrogens (tertiary/aromatic N) is 2. The van der Waals surface area contributed by atoms with Crippen molar-refractivity contribution in [3.05, 3.63) is 99.3 Å². The lowest BCUT2D eigenvalue weighted by atomic mass is 10.1. The van der Waals surface area contributed by atoms with Crippen molar-refractivity contribution in [3.63, 3.8) is 0 Å². The summed E-state index contributed by atoms with van der Waals surface area (Å²) in [6.45, 7) is 0. The molecule has 8 heteroatoms. The van der Waals surface area contributed by atoms with E-state index in [-0.39, 0.29) is 16.6 Å². The van der Waals surface area contributed by atoms with Crippen molar-refractivity contribution in [1.29, 1.82) is 0 Å². The van der Waals surface area contributed by atoms with Crippen LogP contribution in [0.25, 0.3) is 22.1 Å². The molecule has 0 spiro atoms. The second kappa shape index (κ2) is 8.18. The minimum absolute atomic E-state index is 0.162. The van der Waals surface area contributed by atoms with Crippen LogP contribution in [0.4, 0.5) is 5.69 Å². The lowest BCUT2D eigenvalue weighted by Gasteiger charge is -2.02. The molecule has 0 saturated heterocycles. The molecule has 0 unspecified atom stereocenters. The Kier molecular flexibility index (Phi) is 5.28. The number of carbonyl (C=O) groups excluding carboxylic acids is 1. The molecule has 4 aromatic rings. The van der Waals surface area contributed by atoms with Crippen LogP contribution in [0.3, 0.4) is 0 Å². The van der Waals surface area contributed by atoms with Gasteiger partial charge in [0.05, 0.1) is 16.7 Å². The summed E-state index contributed by atoms with van der Waals surface area (Å²) in [5.74, 6) is 0.255. The zero-order valence-corrected chi connectivity index (χ0v) is 16.2. The molecule has 30 heavy (non-hydrogen) atoms.